The number of hydrogen-bond donors (Lipinski definition) is 5. The van der Waals surface area contributed by atoms with Crippen LogP contribution in [0.5, 0.6) is 0 Å². The van der Waals surface area contributed by atoms with Gasteiger partial charge in [-0.3, -0.25) is 4.79 Å². The van der Waals surface area contributed by atoms with Crippen molar-refractivity contribution < 1.29 is 19.7 Å². The third-order valence-corrected chi connectivity index (χ3v) is 2.85. The molecule has 9 heteroatoms. The van der Waals surface area contributed by atoms with E-state index in [2.05, 4.69) is 15.3 Å². The maximum absolute atomic E-state index is 11.9. The number of nitrogens with zero attached hydrogens (tertiary/aromatic N) is 2. The summed E-state index contributed by atoms with van der Waals surface area (Å²) in [6, 6.07) is 0. The Bertz CT molecular complexity index is 463. The summed E-state index contributed by atoms with van der Waals surface area (Å²) < 4.78 is 5.20. The fourth-order valence-corrected chi connectivity index (χ4v) is 1.81. The van der Waals surface area contributed by atoms with Gasteiger partial charge in [0.1, 0.15) is 24.2 Å². The molecule has 2 rings (SSSR count). The second kappa shape index (κ2) is 5.34. The average molecular weight is 269 g/mol. The Morgan fingerprint density at radius 1 is 1.47 bits per heavy atom. The Hall–Kier alpha value is -1.97. The SMILES string of the molecule is Nc1ncnc(N)c1NC(=O)[C@H]1C[C@@H](O)[C@@H](CO)O1. The number of carbonyl (C=O) groups excluding carboxylic acids is 1. The summed E-state index contributed by atoms with van der Waals surface area (Å²) in [4.78, 5) is 19.3. The number of amides is 1. The van der Waals surface area contributed by atoms with Crippen molar-refractivity contribution in [2.75, 3.05) is 23.4 Å². The van der Waals surface area contributed by atoms with E-state index in [9.17, 15) is 9.90 Å². The smallest absolute Gasteiger partial charge is 0.253 e. The predicted molar refractivity (Wildman–Crippen MR) is 65.9 cm³/mol. The van der Waals surface area contributed by atoms with E-state index >= 15 is 0 Å². The average Bonchev–Trinajstić information content (AvgIpc) is 2.75. The number of rotatable bonds is 3. The molecule has 1 aliphatic heterocycles. The summed E-state index contributed by atoms with van der Waals surface area (Å²) in [5.74, 6) is -0.445. The molecule has 1 amide bonds. The molecule has 0 aliphatic carbocycles. The van der Waals surface area contributed by atoms with Crippen LogP contribution in [-0.4, -0.2) is 51.0 Å². The number of hydrogen-bond acceptors (Lipinski definition) is 8. The summed E-state index contributed by atoms with van der Waals surface area (Å²) >= 11 is 0. The third kappa shape index (κ3) is 2.72. The highest BCUT2D eigenvalue weighted by molar-refractivity contribution is 5.99. The number of nitrogens with two attached hydrogens (primary N) is 2. The van der Waals surface area contributed by atoms with Gasteiger partial charge < -0.3 is 31.7 Å². The molecule has 0 bridgehead atoms. The van der Waals surface area contributed by atoms with Gasteiger partial charge in [-0.05, 0) is 0 Å². The quantitative estimate of drug-likeness (QED) is 0.425. The molecular formula is C10H15N5O4. The van der Waals surface area contributed by atoms with Crippen molar-refractivity contribution in [2.45, 2.75) is 24.7 Å². The van der Waals surface area contributed by atoms with Crippen LogP contribution >= 0.6 is 0 Å². The van der Waals surface area contributed by atoms with Crippen LogP contribution in [0.25, 0.3) is 0 Å². The first-order valence-electron chi connectivity index (χ1n) is 5.64. The zero-order chi connectivity index (χ0) is 14.0. The van der Waals surface area contributed by atoms with E-state index in [-0.39, 0.29) is 30.4 Å². The third-order valence-electron chi connectivity index (χ3n) is 2.85. The lowest BCUT2D eigenvalue weighted by Crippen LogP contribution is -2.29. The van der Waals surface area contributed by atoms with E-state index in [1.165, 1.54) is 6.33 Å². The van der Waals surface area contributed by atoms with Crippen LogP contribution in [0.1, 0.15) is 6.42 Å². The second-order valence-electron chi connectivity index (χ2n) is 4.16. The van der Waals surface area contributed by atoms with E-state index in [1.807, 2.05) is 0 Å². The molecule has 0 aromatic carbocycles. The van der Waals surface area contributed by atoms with Crippen LogP contribution in [0.3, 0.4) is 0 Å². The van der Waals surface area contributed by atoms with Gasteiger partial charge in [-0.25, -0.2) is 9.97 Å². The molecular weight excluding hydrogens is 254 g/mol. The van der Waals surface area contributed by atoms with Crippen LogP contribution < -0.4 is 16.8 Å². The number of carbonyl (C=O) groups is 1. The number of ether oxygens (including phenoxy) is 1. The molecule has 0 unspecified atom stereocenters. The van der Waals surface area contributed by atoms with E-state index < -0.39 is 24.2 Å². The van der Waals surface area contributed by atoms with Crippen LogP contribution in [0.15, 0.2) is 6.33 Å². The van der Waals surface area contributed by atoms with Crippen molar-refractivity contribution in [3.63, 3.8) is 0 Å². The zero-order valence-electron chi connectivity index (χ0n) is 9.98. The predicted octanol–water partition coefficient (Wildman–Crippen LogP) is -1.91. The number of anilines is 3. The Labute approximate surface area is 108 Å². The molecule has 0 spiro atoms. The van der Waals surface area contributed by atoms with Crippen molar-refractivity contribution in [3.05, 3.63) is 6.33 Å². The first-order valence-corrected chi connectivity index (χ1v) is 5.64. The number of aliphatic hydroxyl groups excluding tert-OH is 2. The van der Waals surface area contributed by atoms with Crippen molar-refractivity contribution in [2.24, 2.45) is 0 Å². The van der Waals surface area contributed by atoms with Gasteiger partial charge in [0.25, 0.3) is 5.91 Å². The molecule has 1 aromatic rings. The minimum Gasteiger partial charge on any atom is -0.394 e. The summed E-state index contributed by atoms with van der Waals surface area (Å²) in [6.07, 6.45) is -1.27. The van der Waals surface area contributed by atoms with Gasteiger partial charge in [0, 0.05) is 6.42 Å². The number of nitrogen functional groups attached to an aromatic ring is 2. The fourth-order valence-electron chi connectivity index (χ4n) is 1.81. The monoisotopic (exact) mass is 269 g/mol. The first kappa shape index (κ1) is 13.5. The first-order chi connectivity index (χ1) is 9.02. The molecule has 0 saturated carbocycles. The molecule has 9 nitrogen and oxygen atoms in total. The zero-order valence-corrected chi connectivity index (χ0v) is 9.98. The molecule has 104 valence electrons. The second-order valence-corrected chi connectivity index (χ2v) is 4.16. The van der Waals surface area contributed by atoms with Crippen molar-refractivity contribution in [1.29, 1.82) is 0 Å². The van der Waals surface area contributed by atoms with Crippen molar-refractivity contribution in [1.82, 2.24) is 9.97 Å². The van der Waals surface area contributed by atoms with E-state index in [1.54, 1.807) is 0 Å². The van der Waals surface area contributed by atoms with Gasteiger partial charge in [0.15, 0.2) is 11.6 Å². The molecule has 7 N–H and O–H groups in total. The van der Waals surface area contributed by atoms with Gasteiger partial charge in [-0.2, -0.15) is 0 Å². The van der Waals surface area contributed by atoms with Crippen LogP contribution in [-0.2, 0) is 9.53 Å². The van der Waals surface area contributed by atoms with Gasteiger partial charge in [0.2, 0.25) is 0 Å². The van der Waals surface area contributed by atoms with Crippen molar-refractivity contribution in [3.8, 4) is 0 Å². The Morgan fingerprint density at radius 2 is 2.11 bits per heavy atom. The molecule has 19 heavy (non-hydrogen) atoms. The lowest BCUT2D eigenvalue weighted by atomic mass is 10.1. The van der Waals surface area contributed by atoms with Crippen LogP contribution in [0.4, 0.5) is 17.3 Å². The maximum atomic E-state index is 11.9. The largest absolute Gasteiger partial charge is 0.394 e. The highest BCUT2D eigenvalue weighted by Gasteiger charge is 2.37. The highest BCUT2D eigenvalue weighted by Crippen LogP contribution is 2.25. The summed E-state index contributed by atoms with van der Waals surface area (Å²) in [5, 5.41) is 20.9. The van der Waals surface area contributed by atoms with Gasteiger partial charge in [-0.1, -0.05) is 0 Å². The Balaban J connectivity index is 2.06. The molecule has 1 aliphatic rings. The van der Waals surface area contributed by atoms with Gasteiger partial charge in [0.05, 0.1) is 12.7 Å². The van der Waals surface area contributed by atoms with Crippen LogP contribution in [0, 0.1) is 0 Å². The Morgan fingerprint density at radius 3 is 2.63 bits per heavy atom. The van der Waals surface area contributed by atoms with E-state index in [4.69, 9.17) is 21.3 Å². The summed E-state index contributed by atoms with van der Waals surface area (Å²) in [5.41, 5.74) is 11.3. The van der Waals surface area contributed by atoms with E-state index in [0.717, 1.165) is 0 Å². The minimum absolute atomic E-state index is 0.0399. The minimum atomic E-state index is -0.887. The number of nitrogens with one attached hydrogen (secondary N) is 1. The lowest BCUT2D eigenvalue weighted by Gasteiger charge is -2.13. The molecule has 1 aromatic heterocycles. The molecule has 0 radical (unpaired) electrons. The molecule has 2 heterocycles. The standard InChI is InChI=1S/C10H15N5O4/c11-8-7(9(12)14-3-13-8)15-10(18)5-1-4(17)6(2-16)19-5/h3-6,16-17H,1-2H2,(H,15,18)(H4,11,12,13,14)/t4-,5-,6-/m1/s1. The van der Waals surface area contributed by atoms with Gasteiger partial charge in [-0.15, -0.1) is 0 Å². The molecule has 1 saturated heterocycles. The van der Waals surface area contributed by atoms with Crippen molar-refractivity contribution >= 4 is 23.2 Å². The highest BCUT2D eigenvalue weighted by atomic mass is 16.5. The normalized spacial score (nSPS) is 26.3. The van der Waals surface area contributed by atoms with Crippen LogP contribution in [0.2, 0.25) is 0 Å². The molecule has 1 fully saturated rings. The lowest BCUT2D eigenvalue weighted by molar-refractivity contribution is -0.127. The maximum Gasteiger partial charge on any atom is 0.253 e. The Kier molecular flexibility index (Phi) is 3.79. The topological polar surface area (TPSA) is 157 Å². The number of aliphatic hydroxyl groups is 2. The summed E-state index contributed by atoms with van der Waals surface area (Å²) in [6.45, 7) is -0.357. The van der Waals surface area contributed by atoms with Gasteiger partial charge >= 0.3 is 0 Å². The number of aromatic nitrogens is 2. The summed E-state index contributed by atoms with van der Waals surface area (Å²) in [7, 11) is 0. The fraction of sp³-hybridized carbons (Fsp3) is 0.500. The van der Waals surface area contributed by atoms with E-state index in [0.29, 0.717) is 0 Å². The molecule has 3 atom stereocenters.